The van der Waals surface area contributed by atoms with Gasteiger partial charge in [0.25, 0.3) is 0 Å². The van der Waals surface area contributed by atoms with E-state index in [-0.39, 0.29) is 0 Å². The molecule has 0 atom stereocenters. The summed E-state index contributed by atoms with van der Waals surface area (Å²) in [6.45, 7) is 0. The highest BCUT2D eigenvalue weighted by molar-refractivity contribution is 7.25. The van der Waals surface area contributed by atoms with Crippen molar-refractivity contribution in [3.8, 4) is 45.2 Å². The van der Waals surface area contributed by atoms with Gasteiger partial charge in [-0.2, -0.15) is 0 Å². The topological polar surface area (TPSA) is 29.3 Å². The normalized spacial score (nSPS) is 11.8. The summed E-state index contributed by atoms with van der Waals surface area (Å²) in [6, 6.07) is 56.0. The zero-order valence-electron chi connectivity index (χ0n) is 25.2. The average Bonchev–Trinajstić information content (AvgIpc) is 3.82. The Morgan fingerprint density at radius 2 is 1.21 bits per heavy atom. The fraction of sp³-hybridized carbons (Fsp3) is 0. The number of oxazole rings is 1. The van der Waals surface area contributed by atoms with Crippen molar-refractivity contribution in [2.75, 3.05) is 4.90 Å². The van der Waals surface area contributed by atoms with Gasteiger partial charge in [-0.05, 0) is 71.8 Å². The molecule has 0 aliphatic heterocycles. The molecule has 1 aliphatic rings. The molecular formula is C43H26N2OS. The van der Waals surface area contributed by atoms with Gasteiger partial charge in [0, 0.05) is 59.0 Å². The quantitative estimate of drug-likeness (QED) is 0.192. The third-order valence-corrected chi connectivity index (χ3v) is 10.4. The summed E-state index contributed by atoms with van der Waals surface area (Å²) in [7, 11) is 0. The molecule has 3 nitrogen and oxygen atoms in total. The van der Waals surface area contributed by atoms with Gasteiger partial charge < -0.3 is 9.32 Å². The van der Waals surface area contributed by atoms with Crippen molar-refractivity contribution in [1.29, 1.82) is 0 Å². The van der Waals surface area contributed by atoms with Gasteiger partial charge in [0.15, 0.2) is 5.76 Å². The van der Waals surface area contributed by atoms with Gasteiger partial charge in [-0.3, -0.25) is 0 Å². The van der Waals surface area contributed by atoms with Crippen LogP contribution < -0.4 is 4.90 Å². The summed E-state index contributed by atoms with van der Waals surface area (Å²) in [5.41, 5.74) is 9.74. The number of fused-ring (bicyclic) bond motifs is 6. The van der Waals surface area contributed by atoms with Crippen molar-refractivity contribution in [1.82, 2.24) is 4.98 Å². The number of hydrogen-bond acceptors (Lipinski definition) is 4. The molecule has 10 rings (SSSR count). The van der Waals surface area contributed by atoms with Crippen molar-refractivity contribution in [3.05, 3.63) is 158 Å². The number of hydrogen-bond donors (Lipinski definition) is 0. The van der Waals surface area contributed by atoms with E-state index >= 15 is 0 Å². The molecule has 0 saturated heterocycles. The molecule has 0 radical (unpaired) electrons. The van der Waals surface area contributed by atoms with Crippen LogP contribution in [0.3, 0.4) is 0 Å². The SMILES string of the molecule is c1ccc(-c2cccc(-c3nc4c(o3)-c3ccc(N(c5ccccc5)c5ccc6sc7ccccc7c6c5)c5cccc-4c35)c2)cc1. The minimum atomic E-state index is 0.640. The Morgan fingerprint density at radius 3 is 2.11 bits per heavy atom. The lowest BCUT2D eigenvalue weighted by Gasteiger charge is -2.27. The Labute approximate surface area is 275 Å². The van der Waals surface area contributed by atoms with Gasteiger partial charge in [0.1, 0.15) is 5.69 Å². The molecule has 9 aromatic rings. The Morgan fingerprint density at radius 1 is 0.489 bits per heavy atom. The molecule has 2 aromatic heterocycles. The van der Waals surface area contributed by atoms with Crippen LogP contribution in [0.1, 0.15) is 0 Å². The molecule has 0 unspecified atom stereocenters. The van der Waals surface area contributed by atoms with Crippen LogP contribution >= 0.6 is 11.3 Å². The first kappa shape index (κ1) is 26.3. The maximum Gasteiger partial charge on any atom is 0.227 e. The summed E-state index contributed by atoms with van der Waals surface area (Å²) in [4.78, 5) is 7.48. The fourth-order valence-corrected chi connectivity index (χ4v) is 8.19. The fourth-order valence-electron chi connectivity index (χ4n) is 7.10. The third kappa shape index (κ3) is 4.09. The zero-order valence-corrected chi connectivity index (χ0v) is 26.0. The Kier molecular flexibility index (Phi) is 5.74. The number of rotatable bonds is 5. The molecule has 0 bridgehead atoms. The smallest absolute Gasteiger partial charge is 0.227 e. The lowest BCUT2D eigenvalue weighted by atomic mass is 10.0. The van der Waals surface area contributed by atoms with E-state index in [9.17, 15) is 0 Å². The number of para-hydroxylation sites is 1. The monoisotopic (exact) mass is 618 g/mol. The van der Waals surface area contributed by atoms with E-state index in [1.807, 2.05) is 17.4 Å². The maximum absolute atomic E-state index is 6.60. The van der Waals surface area contributed by atoms with E-state index in [4.69, 9.17) is 9.40 Å². The minimum Gasteiger partial charge on any atom is -0.435 e. The van der Waals surface area contributed by atoms with E-state index in [0.29, 0.717) is 5.89 Å². The van der Waals surface area contributed by atoms with Gasteiger partial charge >= 0.3 is 0 Å². The van der Waals surface area contributed by atoms with E-state index in [2.05, 4.69) is 157 Å². The van der Waals surface area contributed by atoms with Crippen LogP contribution in [0.4, 0.5) is 17.1 Å². The first-order valence-electron chi connectivity index (χ1n) is 15.8. The highest BCUT2D eigenvalue weighted by atomic mass is 32.1. The second kappa shape index (κ2) is 10.3. The predicted octanol–water partition coefficient (Wildman–Crippen LogP) is 12.6. The van der Waals surface area contributed by atoms with Gasteiger partial charge in [-0.25, -0.2) is 4.98 Å². The largest absolute Gasteiger partial charge is 0.435 e. The first-order valence-corrected chi connectivity index (χ1v) is 16.6. The highest BCUT2D eigenvalue weighted by Crippen LogP contribution is 2.52. The van der Waals surface area contributed by atoms with Gasteiger partial charge in [0.05, 0.1) is 5.69 Å². The predicted molar refractivity (Wildman–Crippen MR) is 197 cm³/mol. The van der Waals surface area contributed by atoms with Crippen LogP contribution in [-0.2, 0) is 0 Å². The van der Waals surface area contributed by atoms with Crippen LogP contribution in [0.5, 0.6) is 0 Å². The van der Waals surface area contributed by atoms with E-state index < -0.39 is 0 Å². The number of nitrogens with zero attached hydrogens (tertiary/aromatic N) is 2. The van der Waals surface area contributed by atoms with Gasteiger partial charge in [-0.15, -0.1) is 11.3 Å². The number of benzene rings is 7. The summed E-state index contributed by atoms with van der Waals surface area (Å²) in [5, 5.41) is 4.92. The van der Waals surface area contributed by atoms with Crippen molar-refractivity contribution < 1.29 is 4.42 Å². The molecule has 2 heterocycles. The second-order valence-electron chi connectivity index (χ2n) is 12.0. The van der Waals surface area contributed by atoms with Crippen molar-refractivity contribution >= 4 is 59.3 Å². The molecule has 0 spiro atoms. The third-order valence-electron chi connectivity index (χ3n) is 9.23. The van der Waals surface area contributed by atoms with Gasteiger partial charge in [-0.1, -0.05) is 97.1 Å². The van der Waals surface area contributed by atoms with Crippen molar-refractivity contribution in [2.45, 2.75) is 0 Å². The summed E-state index contributed by atoms with van der Waals surface area (Å²) < 4.78 is 9.21. The Bertz CT molecular complexity index is 2610. The van der Waals surface area contributed by atoms with Gasteiger partial charge in [0.2, 0.25) is 5.89 Å². The Balaban J connectivity index is 1.12. The summed E-state index contributed by atoms with van der Waals surface area (Å²) in [6.07, 6.45) is 0. The van der Waals surface area contributed by atoms with E-state index in [0.717, 1.165) is 50.8 Å². The number of anilines is 3. The molecule has 0 fully saturated rings. The second-order valence-corrected chi connectivity index (χ2v) is 13.0. The van der Waals surface area contributed by atoms with Crippen molar-refractivity contribution in [2.24, 2.45) is 0 Å². The molecular weight excluding hydrogens is 593 g/mol. The van der Waals surface area contributed by atoms with Crippen LogP contribution in [0.25, 0.3) is 76.1 Å². The molecule has 4 heteroatoms. The van der Waals surface area contributed by atoms with E-state index in [1.54, 1.807) is 0 Å². The zero-order chi connectivity index (χ0) is 30.9. The maximum atomic E-state index is 6.60. The molecule has 0 amide bonds. The highest BCUT2D eigenvalue weighted by Gasteiger charge is 2.30. The minimum absolute atomic E-state index is 0.640. The van der Waals surface area contributed by atoms with Crippen molar-refractivity contribution in [3.63, 3.8) is 0 Å². The summed E-state index contributed by atoms with van der Waals surface area (Å²) in [5.74, 6) is 1.47. The molecule has 47 heavy (non-hydrogen) atoms. The lowest BCUT2D eigenvalue weighted by Crippen LogP contribution is -2.10. The number of aromatic nitrogens is 1. The average molecular weight is 619 g/mol. The standard InChI is InChI=1S/C43H26N2OS/c1-3-11-27(12-4-1)28-13-9-14-29(25-28)43-44-41-34-19-10-18-33-37(23-22-35(40(33)34)42(41)46-43)45(30-15-5-2-6-16-30)31-21-24-39-36(26-31)32-17-7-8-20-38(32)47-39/h1-26H. The van der Waals surface area contributed by atoms with Crippen LogP contribution in [0.15, 0.2) is 162 Å². The number of thiophene rings is 1. The Hall–Kier alpha value is -5.97. The molecule has 220 valence electrons. The molecule has 0 N–H and O–H groups in total. The van der Waals surface area contributed by atoms with E-state index in [1.165, 1.54) is 36.5 Å². The van der Waals surface area contributed by atoms with Crippen LogP contribution in [0, 0.1) is 0 Å². The molecule has 0 saturated carbocycles. The first-order chi connectivity index (χ1) is 23.3. The summed E-state index contributed by atoms with van der Waals surface area (Å²) >= 11 is 1.85. The molecule has 1 aliphatic carbocycles. The van der Waals surface area contributed by atoms with Crippen LogP contribution in [0.2, 0.25) is 0 Å². The molecule has 7 aromatic carbocycles. The van der Waals surface area contributed by atoms with Crippen LogP contribution in [-0.4, -0.2) is 4.98 Å². The lowest BCUT2D eigenvalue weighted by molar-refractivity contribution is 0.590.